The largest absolute Gasteiger partial charge is 0.487 e. The second kappa shape index (κ2) is 4.13. The molecule has 1 saturated carbocycles. The number of hydrogen-bond donors (Lipinski definition) is 0. The molecule has 0 aromatic carbocycles. The third kappa shape index (κ3) is 1.98. The number of carbonyl (C=O) groups is 1. The average Bonchev–Trinajstić information content (AvgIpc) is 2.66. The van der Waals surface area contributed by atoms with Gasteiger partial charge in [0.2, 0.25) is 0 Å². The van der Waals surface area contributed by atoms with Gasteiger partial charge < -0.3 is 4.74 Å². The van der Waals surface area contributed by atoms with Gasteiger partial charge in [-0.15, -0.1) is 11.3 Å². The molecule has 0 saturated heterocycles. The molecule has 76 valence electrons. The van der Waals surface area contributed by atoms with Gasteiger partial charge in [-0.2, -0.15) is 0 Å². The summed E-state index contributed by atoms with van der Waals surface area (Å²) in [7, 11) is 1.68. The molecule has 0 radical (unpaired) electrons. The summed E-state index contributed by atoms with van der Waals surface area (Å²) in [5, 5.41) is 0.943. The fourth-order valence-corrected chi connectivity index (χ4v) is 2.89. The molecule has 0 spiro atoms. The van der Waals surface area contributed by atoms with Crippen molar-refractivity contribution in [2.24, 2.45) is 0 Å². The predicted molar refractivity (Wildman–Crippen MR) is 57.1 cm³/mol. The number of ether oxygens (including phenoxy) is 1. The zero-order valence-electron chi connectivity index (χ0n) is 8.29. The molecular weight excluding hydrogens is 196 g/mol. The van der Waals surface area contributed by atoms with Gasteiger partial charge in [-0.1, -0.05) is 0 Å². The van der Waals surface area contributed by atoms with E-state index in [0.717, 1.165) is 30.7 Å². The quantitative estimate of drug-likeness (QED) is 0.750. The van der Waals surface area contributed by atoms with Crippen LogP contribution in [0.2, 0.25) is 0 Å². The summed E-state index contributed by atoms with van der Waals surface area (Å²) < 4.78 is 5.15. The maximum absolute atomic E-state index is 11.3. The number of ketones is 1. The number of Topliss-reactive ketones (excluding diaryl/α,β-unsaturated/α-hetero) is 1. The molecule has 1 aromatic heterocycles. The Balaban J connectivity index is 2.09. The van der Waals surface area contributed by atoms with Gasteiger partial charge in [0.15, 0.2) is 5.06 Å². The maximum atomic E-state index is 11.3. The summed E-state index contributed by atoms with van der Waals surface area (Å²) in [5.41, 5.74) is 0. The lowest BCUT2D eigenvalue weighted by molar-refractivity contribution is -0.120. The highest BCUT2D eigenvalue weighted by Gasteiger charge is 2.22. The molecular formula is C11H14O2S. The van der Waals surface area contributed by atoms with Crippen LogP contribution in [0.1, 0.15) is 36.5 Å². The Labute approximate surface area is 87.9 Å². The predicted octanol–water partition coefficient (Wildman–Crippen LogP) is 2.98. The first-order chi connectivity index (χ1) is 6.79. The Morgan fingerprint density at radius 3 is 3.00 bits per heavy atom. The standard InChI is InChI=1S/C11H14O2S/c1-13-11-6-5-10(14-11)8-3-2-4-9(12)7-8/h5-6,8H,2-4,7H2,1H3. The molecule has 14 heavy (non-hydrogen) atoms. The zero-order valence-corrected chi connectivity index (χ0v) is 9.10. The van der Waals surface area contributed by atoms with Gasteiger partial charge >= 0.3 is 0 Å². The normalized spacial score (nSPS) is 22.4. The Hall–Kier alpha value is -0.830. The van der Waals surface area contributed by atoms with E-state index in [-0.39, 0.29) is 0 Å². The maximum Gasteiger partial charge on any atom is 0.173 e. The van der Waals surface area contributed by atoms with Gasteiger partial charge in [0.25, 0.3) is 0 Å². The molecule has 1 unspecified atom stereocenters. The van der Waals surface area contributed by atoms with Crippen molar-refractivity contribution in [3.63, 3.8) is 0 Å². The lowest BCUT2D eigenvalue weighted by Crippen LogP contribution is -2.12. The Bertz CT molecular complexity index is 330. The zero-order chi connectivity index (χ0) is 9.97. The average molecular weight is 210 g/mol. The minimum Gasteiger partial charge on any atom is -0.487 e. The highest BCUT2D eigenvalue weighted by Crippen LogP contribution is 2.37. The highest BCUT2D eigenvalue weighted by atomic mass is 32.1. The minimum atomic E-state index is 0.411. The van der Waals surface area contributed by atoms with Crippen LogP contribution in [0.4, 0.5) is 0 Å². The Morgan fingerprint density at radius 2 is 2.36 bits per heavy atom. The van der Waals surface area contributed by atoms with Gasteiger partial charge in [-0.3, -0.25) is 4.79 Å². The van der Waals surface area contributed by atoms with Crippen LogP contribution >= 0.6 is 11.3 Å². The van der Waals surface area contributed by atoms with Gasteiger partial charge in [-0.25, -0.2) is 0 Å². The van der Waals surface area contributed by atoms with E-state index in [1.807, 2.05) is 6.07 Å². The summed E-state index contributed by atoms with van der Waals surface area (Å²) in [6, 6.07) is 4.08. The van der Waals surface area contributed by atoms with E-state index in [2.05, 4.69) is 6.07 Å². The van der Waals surface area contributed by atoms with E-state index in [1.165, 1.54) is 4.88 Å². The molecule has 1 fully saturated rings. The number of thiophene rings is 1. The third-order valence-corrected chi connectivity index (χ3v) is 3.90. The molecule has 0 N–H and O–H groups in total. The fraction of sp³-hybridized carbons (Fsp3) is 0.545. The monoisotopic (exact) mass is 210 g/mol. The van der Waals surface area contributed by atoms with Crippen LogP contribution in [0.25, 0.3) is 0 Å². The first-order valence-electron chi connectivity index (χ1n) is 4.95. The van der Waals surface area contributed by atoms with Crippen molar-refractivity contribution in [3.05, 3.63) is 17.0 Å². The van der Waals surface area contributed by atoms with Crippen molar-refractivity contribution >= 4 is 17.1 Å². The SMILES string of the molecule is COc1ccc(C2CCCC(=O)C2)s1. The number of rotatable bonds is 2. The molecule has 2 rings (SSSR count). The highest BCUT2D eigenvalue weighted by molar-refractivity contribution is 7.13. The van der Waals surface area contributed by atoms with E-state index in [1.54, 1.807) is 18.4 Å². The summed E-state index contributed by atoms with van der Waals surface area (Å²) in [6.45, 7) is 0. The molecule has 1 aliphatic rings. The van der Waals surface area contributed by atoms with Crippen molar-refractivity contribution in [2.45, 2.75) is 31.6 Å². The van der Waals surface area contributed by atoms with Crippen molar-refractivity contribution in [3.8, 4) is 5.06 Å². The number of carbonyl (C=O) groups excluding carboxylic acids is 1. The van der Waals surface area contributed by atoms with Gasteiger partial charge in [-0.05, 0) is 25.0 Å². The van der Waals surface area contributed by atoms with Crippen LogP contribution in [0, 0.1) is 0 Å². The first kappa shape index (κ1) is 9.71. The van der Waals surface area contributed by atoms with Crippen molar-refractivity contribution in [1.29, 1.82) is 0 Å². The molecule has 1 aromatic rings. The molecule has 1 atom stereocenters. The van der Waals surface area contributed by atoms with Gasteiger partial charge in [0, 0.05) is 23.6 Å². The van der Waals surface area contributed by atoms with Crippen LogP contribution in [0.3, 0.4) is 0 Å². The Kier molecular flexibility index (Phi) is 2.87. The smallest absolute Gasteiger partial charge is 0.173 e. The summed E-state index contributed by atoms with van der Waals surface area (Å²) in [4.78, 5) is 12.6. The summed E-state index contributed by atoms with van der Waals surface area (Å²) in [5.74, 6) is 0.860. The van der Waals surface area contributed by atoms with E-state index in [0.29, 0.717) is 11.7 Å². The van der Waals surface area contributed by atoms with Crippen LogP contribution in [0.5, 0.6) is 5.06 Å². The van der Waals surface area contributed by atoms with Crippen LogP contribution in [-0.4, -0.2) is 12.9 Å². The van der Waals surface area contributed by atoms with Crippen molar-refractivity contribution < 1.29 is 9.53 Å². The van der Waals surface area contributed by atoms with Crippen molar-refractivity contribution in [2.75, 3.05) is 7.11 Å². The number of hydrogen-bond acceptors (Lipinski definition) is 3. The van der Waals surface area contributed by atoms with Crippen LogP contribution in [0.15, 0.2) is 12.1 Å². The summed E-state index contributed by atoms with van der Waals surface area (Å²) >= 11 is 1.67. The third-order valence-electron chi connectivity index (χ3n) is 2.69. The number of methoxy groups -OCH3 is 1. The molecule has 2 nitrogen and oxygen atoms in total. The van der Waals surface area contributed by atoms with E-state index in [9.17, 15) is 4.79 Å². The molecule has 3 heteroatoms. The first-order valence-corrected chi connectivity index (χ1v) is 5.76. The second-order valence-electron chi connectivity index (χ2n) is 3.69. The topological polar surface area (TPSA) is 26.3 Å². The lowest BCUT2D eigenvalue weighted by atomic mass is 9.87. The van der Waals surface area contributed by atoms with Crippen LogP contribution in [-0.2, 0) is 4.79 Å². The minimum absolute atomic E-state index is 0.411. The van der Waals surface area contributed by atoms with E-state index in [4.69, 9.17) is 4.74 Å². The Morgan fingerprint density at radius 1 is 1.50 bits per heavy atom. The van der Waals surface area contributed by atoms with E-state index >= 15 is 0 Å². The van der Waals surface area contributed by atoms with E-state index < -0.39 is 0 Å². The molecule has 0 bridgehead atoms. The van der Waals surface area contributed by atoms with Gasteiger partial charge in [0.05, 0.1) is 7.11 Å². The molecule has 0 amide bonds. The molecule has 1 heterocycles. The van der Waals surface area contributed by atoms with Gasteiger partial charge in [0.1, 0.15) is 5.78 Å². The van der Waals surface area contributed by atoms with Crippen molar-refractivity contribution in [1.82, 2.24) is 0 Å². The second-order valence-corrected chi connectivity index (χ2v) is 4.77. The fourth-order valence-electron chi connectivity index (χ4n) is 1.93. The van der Waals surface area contributed by atoms with Crippen LogP contribution < -0.4 is 4.74 Å². The lowest BCUT2D eigenvalue weighted by Gasteiger charge is -2.18. The molecule has 0 aliphatic heterocycles. The molecule has 1 aliphatic carbocycles. The summed E-state index contributed by atoms with van der Waals surface area (Å²) in [6.07, 6.45) is 3.70.